The number of hydrogen-bond acceptors (Lipinski definition) is 2. The summed E-state index contributed by atoms with van der Waals surface area (Å²) < 4.78 is 2.65. The molecule has 0 aliphatic heterocycles. The molecule has 1 aromatic heterocycles. The maximum Gasteiger partial charge on any atom is 0.0713 e. The lowest BCUT2D eigenvalue weighted by Gasteiger charge is -2.33. The molecule has 0 spiro atoms. The van der Waals surface area contributed by atoms with E-state index >= 15 is 0 Å². The Hall–Kier alpha value is -7.00. The van der Waals surface area contributed by atoms with Gasteiger partial charge in [0.15, 0.2) is 0 Å². The number of thiophene rings is 1. The quantitative estimate of drug-likeness (QED) is 0.157. The molecule has 0 bridgehead atoms. The van der Waals surface area contributed by atoms with Crippen LogP contribution in [-0.4, -0.2) is 0 Å². The van der Waals surface area contributed by atoms with Crippen LogP contribution in [0.5, 0.6) is 0 Å². The minimum atomic E-state index is -0.395. The van der Waals surface area contributed by atoms with Gasteiger partial charge in [0.25, 0.3) is 0 Å². The first-order valence-electron chi connectivity index (χ1n) is 19.6. The first-order chi connectivity index (χ1) is 28.3. The first kappa shape index (κ1) is 33.3. The predicted molar refractivity (Wildman–Crippen MR) is 242 cm³/mol. The standard InChI is InChI=1S/C55H37NS/c1-4-14-42(15-5-1)55(43-16-6-2-7-17-43)51-22-12-10-20-47(51)50-36-40(29-35-52(50)55)38-24-30-45(31-25-38)56(44-18-8-3-9-19-44)46-32-26-39(27-33-46)41-28-34-49-48-21-11-13-23-53(48)57-54(49)37-41/h1-37H. The highest BCUT2D eigenvalue weighted by Gasteiger charge is 2.45. The third kappa shape index (κ3) is 5.44. The Kier molecular flexibility index (Phi) is 7.98. The summed E-state index contributed by atoms with van der Waals surface area (Å²) in [6, 6.07) is 82.3. The summed E-state index contributed by atoms with van der Waals surface area (Å²) in [6.07, 6.45) is 0. The van der Waals surface area contributed by atoms with Crippen molar-refractivity contribution >= 4 is 48.6 Å². The van der Waals surface area contributed by atoms with Crippen LogP contribution in [-0.2, 0) is 5.41 Å². The highest BCUT2D eigenvalue weighted by atomic mass is 32.1. The van der Waals surface area contributed by atoms with Gasteiger partial charge in [0.1, 0.15) is 0 Å². The Labute approximate surface area is 337 Å². The Morgan fingerprint density at radius 2 is 0.789 bits per heavy atom. The molecule has 268 valence electrons. The molecule has 0 amide bonds. The first-order valence-corrected chi connectivity index (χ1v) is 20.4. The van der Waals surface area contributed by atoms with Gasteiger partial charge in [-0.3, -0.25) is 0 Å². The molecule has 10 aromatic rings. The molecule has 1 aliphatic rings. The van der Waals surface area contributed by atoms with Crippen molar-refractivity contribution in [2.24, 2.45) is 0 Å². The topological polar surface area (TPSA) is 3.24 Å². The maximum atomic E-state index is 2.40. The van der Waals surface area contributed by atoms with Gasteiger partial charge in [-0.15, -0.1) is 11.3 Å². The van der Waals surface area contributed by atoms with Gasteiger partial charge in [-0.05, 0) is 110 Å². The number of fused-ring (bicyclic) bond motifs is 6. The van der Waals surface area contributed by atoms with Crippen LogP contribution in [0, 0.1) is 0 Å². The predicted octanol–water partition coefficient (Wildman–Crippen LogP) is 15.2. The summed E-state index contributed by atoms with van der Waals surface area (Å²) >= 11 is 1.86. The fourth-order valence-electron chi connectivity index (χ4n) is 9.16. The smallest absolute Gasteiger partial charge is 0.0713 e. The van der Waals surface area contributed by atoms with Crippen LogP contribution in [0.1, 0.15) is 22.3 Å². The highest BCUT2D eigenvalue weighted by molar-refractivity contribution is 7.25. The van der Waals surface area contributed by atoms with Crippen molar-refractivity contribution in [3.8, 4) is 33.4 Å². The zero-order valence-corrected chi connectivity index (χ0v) is 32.0. The Balaban J connectivity index is 0.959. The fourth-order valence-corrected chi connectivity index (χ4v) is 10.3. The summed E-state index contributed by atoms with van der Waals surface area (Å²) in [5.74, 6) is 0. The SMILES string of the molecule is c1ccc(N(c2ccc(-c3ccc4c(c3)-c3ccccc3C4(c3ccccc3)c3ccccc3)cc2)c2ccc(-c3ccc4c(c3)sc3ccccc34)cc2)cc1. The van der Waals surface area contributed by atoms with Crippen LogP contribution in [0.15, 0.2) is 224 Å². The van der Waals surface area contributed by atoms with Crippen LogP contribution in [0.25, 0.3) is 53.6 Å². The van der Waals surface area contributed by atoms with Crippen molar-refractivity contribution < 1.29 is 0 Å². The molecule has 0 radical (unpaired) electrons. The maximum absolute atomic E-state index is 2.40. The third-order valence-electron chi connectivity index (χ3n) is 11.8. The zero-order valence-electron chi connectivity index (χ0n) is 31.2. The summed E-state index contributed by atoms with van der Waals surface area (Å²) in [5, 5.41) is 2.66. The molecule has 0 fully saturated rings. The second kappa shape index (κ2) is 13.6. The lowest BCUT2D eigenvalue weighted by atomic mass is 9.67. The molecule has 0 unspecified atom stereocenters. The third-order valence-corrected chi connectivity index (χ3v) is 12.9. The van der Waals surface area contributed by atoms with E-state index in [0.29, 0.717) is 0 Å². The molecular weight excluding hydrogens is 707 g/mol. The molecule has 57 heavy (non-hydrogen) atoms. The van der Waals surface area contributed by atoms with Crippen molar-refractivity contribution in [2.75, 3.05) is 4.90 Å². The summed E-state index contributed by atoms with van der Waals surface area (Å²) in [5.41, 5.74) is 15.6. The lowest BCUT2D eigenvalue weighted by Crippen LogP contribution is -2.28. The Bertz CT molecular complexity index is 3000. The van der Waals surface area contributed by atoms with Crippen molar-refractivity contribution in [1.29, 1.82) is 0 Å². The van der Waals surface area contributed by atoms with Crippen molar-refractivity contribution in [3.05, 3.63) is 247 Å². The second-order valence-corrected chi connectivity index (χ2v) is 15.9. The number of nitrogens with zero attached hydrogens (tertiary/aromatic N) is 1. The largest absolute Gasteiger partial charge is 0.311 e. The lowest BCUT2D eigenvalue weighted by molar-refractivity contribution is 0.768. The minimum absolute atomic E-state index is 0.395. The molecule has 11 rings (SSSR count). The number of benzene rings is 9. The second-order valence-electron chi connectivity index (χ2n) is 14.9. The number of anilines is 3. The Morgan fingerprint density at radius 1 is 0.316 bits per heavy atom. The number of hydrogen-bond donors (Lipinski definition) is 0. The van der Waals surface area contributed by atoms with E-state index in [1.54, 1.807) is 0 Å². The van der Waals surface area contributed by atoms with Gasteiger partial charge in [0.2, 0.25) is 0 Å². The van der Waals surface area contributed by atoms with Gasteiger partial charge < -0.3 is 4.90 Å². The highest BCUT2D eigenvalue weighted by Crippen LogP contribution is 2.56. The van der Waals surface area contributed by atoms with E-state index in [-0.39, 0.29) is 0 Å². The molecular formula is C55H37NS. The van der Waals surface area contributed by atoms with Crippen molar-refractivity contribution in [2.45, 2.75) is 5.41 Å². The van der Waals surface area contributed by atoms with E-state index < -0.39 is 5.41 Å². The summed E-state index contributed by atoms with van der Waals surface area (Å²) in [7, 11) is 0. The van der Waals surface area contributed by atoms with Gasteiger partial charge in [-0.1, -0.05) is 170 Å². The van der Waals surface area contributed by atoms with E-state index in [1.165, 1.54) is 75.8 Å². The van der Waals surface area contributed by atoms with E-state index in [1.807, 2.05) is 11.3 Å². The van der Waals surface area contributed by atoms with Crippen LogP contribution in [0.3, 0.4) is 0 Å². The van der Waals surface area contributed by atoms with Gasteiger partial charge in [-0.25, -0.2) is 0 Å². The van der Waals surface area contributed by atoms with E-state index in [2.05, 4.69) is 229 Å². The number of para-hydroxylation sites is 1. The zero-order chi connectivity index (χ0) is 37.8. The van der Waals surface area contributed by atoms with Crippen molar-refractivity contribution in [3.63, 3.8) is 0 Å². The van der Waals surface area contributed by atoms with E-state index in [0.717, 1.165) is 17.1 Å². The van der Waals surface area contributed by atoms with Crippen LogP contribution >= 0.6 is 11.3 Å². The van der Waals surface area contributed by atoms with Crippen molar-refractivity contribution in [1.82, 2.24) is 0 Å². The van der Waals surface area contributed by atoms with Crippen LogP contribution < -0.4 is 4.90 Å². The fraction of sp³-hybridized carbons (Fsp3) is 0.0182. The van der Waals surface area contributed by atoms with Gasteiger partial charge in [0, 0.05) is 37.2 Å². The molecule has 0 atom stereocenters. The monoisotopic (exact) mass is 743 g/mol. The number of rotatable bonds is 7. The normalized spacial score (nSPS) is 12.7. The molecule has 2 heteroatoms. The Morgan fingerprint density at radius 3 is 1.46 bits per heavy atom. The minimum Gasteiger partial charge on any atom is -0.311 e. The molecule has 9 aromatic carbocycles. The molecule has 0 saturated heterocycles. The summed E-state index contributed by atoms with van der Waals surface area (Å²) in [6.45, 7) is 0. The molecule has 1 aliphatic carbocycles. The summed E-state index contributed by atoms with van der Waals surface area (Å²) in [4.78, 5) is 2.34. The van der Waals surface area contributed by atoms with Gasteiger partial charge >= 0.3 is 0 Å². The van der Waals surface area contributed by atoms with Crippen LogP contribution in [0.2, 0.25) is 0 Å². The molecule has 1 nitrogen and oxygen atoms in total. The van der Waals surface area contributed by atoms with Crippen LogP contribution in [0.4, 0.5) is 17.1 Å². The molecule has 0 saturated carbocycles. The molecule has 1 heterocycles. The van der Waals surface area contributed by atoms with Gasteiger partial charge in [-0.2, -0.15) is 0 Å². The van der Waals surface area contributed by atoms with E-state index in [4.69, 9.17) is 0 Å². The average Bonchev–Trinajstić information content (AvgIpc) is 3.81. The average molecular weight is 744 g/mol. The van der Waals surface area contributed by atoms with Gasteiger partial charge in [0.05, 0.1) is 5.41 Å². The molecule has 0 N–H and O–H groups in total. The van der Waals surface area contributed by atoms with E-state index in [9.17, 15) is 0 Å².